The number of rotatable bonds is 6. The van der Waals surface area contributed by atoms with E-state index in [1.807, 2.05) is 73.9 Å². The lowest BCUT2D eigenvalue weighted by atomic mass is 10.00. The minimum atomic E-state index is -1.82. The first kappa shape index (κ1) is 24.5. The summed E-state index contributed by atoms with van der Waals surface area (Å²) >= 11 is 0. The number of carbonyl (C=O) groups is 2. The molecule has 3 aromatic rings. The Balaban J connectivity index is 0.000000534. The van der Waals surface area contributed by atoms with Crippen molar-refractivity contribution in [2.24, 2.45) is 0 Å². The van der Waals surface area contributed by atoms with E-state index in [4.69, 9.17) is 24.5 Å². The zero-order valence-corrected chi connectivity index (χ0v) is 18.2. The molecule has 0 saturated carbocycles. The van der Waals surface area contributed by atoms with Crippen molar-refractivity contribution in [3.63, 3.8) is 0 Å². The Kier molecular flexibility index (Phi) is 8.45. The Bertz CT molecular complexity index is 1020. The summed E-state index contributed by atoms with van der Waals surface area (Å²) in [5, 5.41) is 25.7. The van der Waals surface area contributed by atoms with Crippen LogP contribution >= 0.6 is 0 Å². The van der Waals surface area contributed by atoms with Crippen molar-refractivity contribution in [1.29, 1.82) is 0 Å². The van der Waals surface area contributed by atoms with Crippen LogP contribution in [-0.2, 0) is 9.59 Å². The highest BCUT2D eigenvalue weighted by Gasteiger charge is 2.19. The first-order valence-electron chi connectivity index (χ1n) is 9.62. The number of aliphatic carboxylic acids is 2. The van der Waals surface area contributed by atoms with Gasteiger partial charge in [-0.05, 0) is 46.1 Å². The second-order valence-corrected chi connectivity index (χ2v) is 7.15. The summed E-state index contributed by atoms with van der Waals surface area (Å²) in [6.07, 6.45) is 5.98. The fourth-order valence-corrected chi connectivity index (χ4v) is 2.56. The molecule has 170 valence electrons. The molecule has 0 bridgehead atoms. The Labute approximate surface area is 185 Å². The van der Waals surface area contributed by atoms with E-state index in [1.165, 1.54) is 0 Å². The maximum Gasteiger partial charge on any atom is 0.414 e. The minimum absolute atomic E-state index is 0.106. The van der Waals surface area contributed by atoms with Gasteiger partial charge in [0.25, 0.3) is 0 Å². The van der Waals surface area contributed by atoms with E-state index in [1.54, 1.807) is 18.7 Å². The van der Waals surface area contributed by atoms with Crippen LogP contribution in [0.15, 0.2) is 55.2 Å². The normalized spacial score (nSPS) is 12.4. The van der Waals surface area contributed by atoms with E-state index in [0.29, 0.717) is 11.3 Å². The van der Waals surface area contributed by atoms with Crippen molar-refractivity contribution in [2.75, 3.05) is 14.1 Å². The molecule has 0 saturated heterocycles. The van der Waals surface area contributed by atoms with Gasteiger partial charge in [-0.2, -0.15) is 0 Å². The van der Waals surface area contributed by atoms with Gasteiger partial charge in [-0.1, -0.05) is 17.7 Å². The number of ether oxygens (including phenoxy) is 1. The van der Waals surface area contributed by atoms with Gasteiger partial charge in [0.05, 0.1) is 0 Å². The van der Waals surface area contributed by atoms with Gasteiger partial charge < -0.3 is 20.1 Å². The Morgan fingerprint density at radius 2 is 1.81 bits per heavy atom. The number of hydrogen-bond donors (Lipinski definition) is 3. The highest BCUT2D eigenvalue weighted by Crippen LogP contribution is 2.31. The molecular formula is C22H26N4O6. The molecule has 0 fully saturated rings. The highest BCUT2D eigenvalue weighted by atomic mass is 16.5. The molecule has 2 atom stereocenters. The average molecular weight is 442 g/mol. The van der Waals surface area contributed by atoms with Crippen molar-refractivity contribution < 1.29 is 29.6 Å². The first-order chi connectivity index (χ1) is 15.1. The van der Waals surface area contributed by atoms with Crippen LogP contribution in [0.25, 0.3) is 5.82 Å². The van der Waals surface area contributed by atoms with Gasteiger partial charge in [0.2, 0.25) is 0 Å². The quantitative estimate of drug-likeness (QED) is 0.387. The van der Waals surface area contributed by atoms with Crippen molar-refractivity contribution in [1.82, 2.24) is 19.4 Å². The van der Waals surface area contributed by atoms with Gasteiger partial charge in [0.15, 0.2) is 0 Å². The number of carboxylic acid groups (broad SMARTS) is 2. The maximum atomic E-state index is 10.9. The third kappa shape index (κ3) is 6.62. The summed E-state index contributed by atoms with van der Waals surface area (Å²) in [6, 6.07) is 9.56. The van der Waals surface area contributed by atoms with Crippen molar-refractivity contribution in [3.8, 4) is 11.6 Å². The number of imidazole rings is 1. The largest absolute Gasteiger partial charge is 0.475 e. The molecule has 10 heteroatoms. The monoisotopic (exact) mass is 442 g/mol. The summed E-state index contributed by atoms with van der Waals surface area (Å²) in [5.41, 5.74) is 2.50. The number of aromatic nitrogens is 3. The molecular weight excluding hydrogens is 416 g/mol. The summed E-state index contributed by atoms with van der Waals surface area (Å²) in [4.78, 5) is 28.6. The number of carboxylic acids is 2. The standard InChI is InChI=1S/C20H24N4O2.C2H2O4/c1-14-5-7-18(26-15(2)23(3)4)17(11-14)20(25)16-6-8-19(22-12-16)24-10-9-21-13-24;3-1(4)2(5)6/h5-13,15,20,25H,1-4H3;(H,3,4)(H,5,6). The molecule has 3 N–H and O–H groups in total. The second-order valence-electron chi connectivity index (χ2n) is 7.15. The molecule has 3 rings (SSSR count). The molecule has 0 aliphatic heterocycles. The lowest BCUT2D eigenvalue weighted by Crippen LogP contribution is -2.30. The fourth-order valence-electron chi connectivity index (χ4n) is 2.56. The van der Waals surface area contributed by atoms with Crippen LogP contribution < -0.4 is 4.74 Å². The van der Waals surface area contributed by atoms with Crippen LogP contribution in [0, 0.1) is 6.92 Å². The number of aliphatic hydroxyl groups is 1. The molecule has 2 unspecified atom stereocenters. The van der Waals surface area contributed by atoms with Crippen molar-refractivity contribution >= 4 is 11.9 Å². The number of hydrogen-bond acceptors (Lipinski definition) is 7. The molecule has 1 aromatic carbocycles. The number of benzene rings is 1. The zero-order valence-electron chi connectivity index (χ0n) is 18.2. The van der Waals surface area contributed by atoms with Gasteiger partial charge in [-0.3, -0.25) is 9.47 Å². The van der Waals surface area contributed by atoms with Crippen LogP contribution in [0.3, 0.4) is 0 Å². The third-order valence-corrected chi connectivity index (χ3v) is 4.52. The average Bonchev–Trinajstić information content (AvgIpc) is 3.30. The number of pyridine rings is 1. The van der Waals surface area contributed by atoms with Gasteiger partial charge in [0, 0.05) is 29.7 Å². The molecule has 10 nitrogen and oxygen atoms in total. The van der Waals surface area contributed by atoms with Crippen LogP contribution in [0.2, 0.25) is 0 Å². The molecule has 2 aromatic heterocycles. The molecule has 0 aliphatic carbocycles. The Morgan fingerprint density at radius 1 is 1.12 bits per heavy atom. The molecule has 0 radical (unpaired) electrons. The van der Waals surface area contributed by atoms with E-state index in [0.717, 1.165) is 16.9 Å². The zero-order chi connectivity index (χ0) is 23.8. The fraction of sp³-hybridized carbons (Fsp3) is 0.273. The van der Waals surface area contributed by atoms with Gasteiger partial charge in [0.1, 0.15) is 30.2 Å². The molecule has 2 heterocycles. The predicted octanol–water partition coefficient (Wildman–Crippen LogP) is 2.10. The van der Waals surface area contributed by atoms with Crippen LogP contribution in [0.1, 0.15) is 29.7 Å². The number of aliphatic hydroxyl groups excluding tert-OH is 1. The van der Waals surface area contributed by atoms with Crippen LogP contribution in [0.5, 0.6) is 5.75 Å². The topological polar surface area (TPSA) is 138 Å². The first-order valence-corrected chi connectivity index (χ1v) is 9.62. The smallest absolute Gasteiger partial charge is 0.414 e. The van der Waals surface area contributed by atoms with Gasteiger partial charge in [-0.25, -0.2) is 19.6 Å². The number of aryl methyl sites for hydroxylation is 1. The minimum Gasteiger partial charge on any atom is -0.475 e. The lowest BCUT2D eigenvalue weighted by molar-refractivity contribution is -0.159. The van der Waals surface area contributed by atoms with E-state index < -0.39 is 18.0 Å². The molecule has 0 amide bonds. The Hall–Kier alpha value is -3.76. The molecule has 0 aliphatic rings. The van der Waals surface area contributed by atoms with E-state index >= 15 is 0 Å². The summed E-state index contributed by atoms with van der Waals surface area (Å²) in [6.45, 7) is 3.97. The molecule has 32 heavy (non-hydrogen) atoms. The van der Waals surface area contributed by atoms with Gasteiger partial charge >= 0.3 is 11.9 Å². The summed E-state index contributed by atoms with van der Waals surface area (Å²) in [5.74, 6) is -2.23. The van der Waals surface area contributed by atoms with Crippen molar-refractivity contribution in [3.05, 3.63) is 71.9 Å². The van der Waals surface area contributed by atoms with Gasteiger partial charge in [-0.15, -0.1) is 0 Å². The third-order valence-electron chi connectivity index (χ3n) is 4.52. The maximum absolute atomic E-state index is 10.9. The predicted molar refractivity (Wildman–Crippen MR) is 116 cm³/mol. The van der Waals surface area contributed by atoms with Crippen LogP contribution in [0.4, 0.5) is 0 Å². The van der Waals surface area contributed by atoms with Crippen molar-refractivity contribution in [2.45, 2.75) is 26.2 Å². The SMILES string of the molecule is Cc1ccc(OC(C)N(C)C)c(C(O)c2ccc(-n3ccnc3)nc2)c1.O=C(O)C(=O)O. The van der Waals surface area contributed by atoms with E-state index in [2.05, 4.69) is 9.97 Å². The lowest BCUT2D eigenvalue weighted by Gasteiger charge is -2.24. The molecule has 0 spiro atoms. The number of nitrogens with zero attached hydrogens (tertiary/aromatic N) is 4. The van der Waals surface area contributed by atoms with E-state index in [9.17, 15) is 5.11 Å². The van der Waals surface area contributed by atoms with Crippen LogP contribution in [-0.4, -0.2) is 67.0 Å². The Morgan fingerprint density at radius 3 is 2.31 bits per heavy atom. The second kappa shape index (κ2) is 11.0. The summed E-state index contributed by atoms with van der Waals surface area (Å²) < 4.78 is 7.84. The highest BCUT2D eigenvalue weighted by molar-refractivity contribution is 6.27. The van der Waals surface area contributed by atoms with E-state index in [-0.39, 0.29) is 6.23 Å². The summed E-state index contributed by atoms with van der Waals surface area (Å²) in [7, 11) is 3.90.